The van der Waals surface area contributed by atoms with Gasteiger partial charge < -0.3 is 15.0 Å². The monoisotopic (exact) mass is 548 g/mol. The van der Waals surface area contributed by atoms with Crippen LogP contribution in [0.3, 0.4) is 0 Å². The molecule has 39 heavy (non-hydrogen) atoms. The number of nitrogens with one attached hydrogen (secondary N) is 1. The SMILES string of the molecule is CC(=O)N1CCN(C2CC(C(=O)Nc3nc4ccc(-c5cnc(COC6CCCC6)nc5)cc4s3)C2)C(C)C1. The minimum atomic E-state index is 0.00363. The van der Waals surface area contributed by atoms with Crippen LogP contribution in [0.25, 0.3) is 21.3 Å². The van der Waals surface area contributed by atoms with Gasteiger partial charge in [-0.2, -0.15) is 0 Å². The van der Waals surface area contributed by atoms with Gasteiger partial charge in [-0.25, -0.2) is 15.0 Å². The minimum absolute atomic E-state index is 0.00363. The van der Waals surface area contributed by atoms with Gasteiger partial charge in [0.1, 0.15) is 6.61 Å². The number of hydrogen-bond donors (Lipinski definition) is 1. The van der Waals surface area contributed by atoms with E-state index in [1.54, 1.807) is 6.92 Å². The van der Waals surface area contributed by atoms with Crippen molar-refractivity contribution < 1.29 is 14.3 Å². The van der Waals surface area contributed by atoms with E-state index < -0.39 is 0 Å². The van der Waals surface area contributed by atoms with Gasteiger partial charge >= 0.3 is 0 Å². The lowest BCUT2D eigenvalue weighted by atomic mass is 9.78. The van der Waals surface area contributed by atoms with Crippen molar-refractivity contribution in [2.24, 2.45) is 5.92 Å². The molecule has 2 saturated carbocycles. The largest absolute Gasteiger partial charge is 0.370 e. The molecule has 3 heterocycles. The average Bonchev–Trinajstić information content (AvgIpc) is 3.56. The topological polar surface area (TPSA) is 101 Å². The van der Waals surface area contributed by atoms with Crippen molar-refractivity contribution in [1.82, 2.24) is 24.8 Å². The predicted octanol–water partition coefficient (Wildman–Crippen LogP) is 4.48. The third kappa shape index (κ3) is 5.83. The van der Waals surface area contributed by atoms with E-state index in [4.69, 9.17) is 4.74 Å². The molecule has 10 heteroatoms. The molecule has 2 aliphatic carbocycles. The Balaban J connectivity index is 1.03. The van der Waals surface area contributed by atoms with Crippen LogP contribution in [0.15, 0.2) is 30.6 Å². The summed E-state index contributed by atoms with van der Waals surface area (Å²) in [5.41, 5.74) is 2.83. The number of nitrogens with zero attached hydrogens (tertiary/aromatic N) is 5. The number of rotatable bonds is 7. The highest BCUT2D eigenvalue weighted by Crippen LogP contribution is 2.36. The van der Waals surface area contributed by atoms with E-state index in [0.717, 1.165) is 66.7 Å². The number of carbonyl (C=O) groups is 2. The number of thiazole rings is 1. The number of benzene rings is 1. The van der Waals surface area contributed by atoms with E-state index in [1.807, 2.05) is 29.4 Å². The molecule has 3 fully saturated rings. The molecule has 0 radical (unpaired) electrons. The molecule has 206 valence electrons. The molecule has 1 aliphatic heterocycles. The van der Waals surface area contributed by atoms with Gasteiger partial charge in [-0.3, -0.25) is 14.5 Å². The van der Waals surface area contributed by atoms with Crippen LogP contribution in [0.5, 0.6) is 0 Å². The molecule has 2 amide bonds. The number of aromatic nitrogens is 3. The summed E-state index contributed by atoms with van der Waals surface area (Å²) in [5.74, 6) is 0.898. The molecule has 3 aliphatic rings. The fraction of sp³-hybridized carbons (Fsp3) is 0.552. The van der Waals surface area contributed by atoms with Crippen LogP contribution < -0.4 is 5.32 Å². The van der Waals surface area contributed by atoms with Crippen LogP contribution in [0.1, 0.15) is 58.2 Å². The number of ether oxygens (including phenoxy) is 1. The zero-order valence-corrected chi connectivity index (χ0v) is 23.5. The Labute approximate surface area is 233 Å². The number of carbonyl (C=O) groups excluding carboxylic acids is 2. The second kappa shape index (κ2) is 11.3. The summed E-state index contributed by atoms with van der Waals surface area (Å²) in [6.45, 7) is 6.67. The van der Waals surface area contributed by atoms with E-state index in [1.165, 1.54) is 24.2 Å². The van der Waals surface area contributed by atoms with Crippen molar-refractivity contribution in [1.29, 1.82) is 0 Å². The lowest BCUT2D eigenvalue weighted by molar-refractivity contribution is -0.133. The number of hydrogen-bond acceptors (Lipinski definition) is 8. The van der Waals surface area contributed by atoms with E-state index in [-0.39, 0.29) is 17.7 Å². The molecule has 3 aromatic rings. The summed E-state index contributed by atoms with van der Waals surface area (Å²) in [6.07, 6.45) is 10.5. The Morgan fingerprint density at radius 3 is 2.59 bits per heavy atom. The minimum Gasteiger partial charge on any atom is -0.370 e. The van der Waals surface area contributed by atoms with Gasteiger partial charge in [-0.15, -0.1) is 0 Å². The van der Waals surface area contributed by atoms with Crippen LogP contribution in [-0.4, -0.2) is 74.4 Å². The summed E-state index contributed by atoms with van der Waals surface area (Å²) in [4.78, 5) is 42.7. The lowest BCUT2D eigenvalue weighted by Crippen LogP contribution is -2.59. The first-order valence-electron chi connectivity index (χ1n) is 14.1. The Kier molecular flexibility index (Phi) is 7.59. The molecule has 0 bridgehead atoms. The molecule has 6 rings (SSSR count). The average molecular weight is 549 g/mol. The van der Waals surface area contributed by atoms with Gasteiger partial charge in [-0.1, -0.05) is 30.2 Å². The van der Waals surface area contributed by atoms with Crippen molar-refractivity contribution in [2.45, 2.75) is 77.2 Å². The molecule has 1 aromatic carbocycles. The van der Waals surface area contributed by atoms with Crippen LogP contribution in [0.4, 0.5) is 5.13 Å². The van der Waals surface area contributed by atoms with Crippen molar-refractivity contribution in [3.8, 4) is 11.1 Å². The maximum absolute atomic E-state index is 12.9. The van der Waals surface area contributed by atoms with Crippen molar-refractivity contribution in [3.63, 3.8) is 0 Å². The Bertz CT molecular complexity index is 1330. The lowest BCUT2D eigenvalue weighted by Gasteiger charge is -2.49. The molecule has 2 aromatic heterocycles. The first-order chi connectivity index (χ1) is 18.9. The summed E-state index contributed by atoms with van der Waals surface area (Å²) >= 11 is 1.49. The molecule has 1 unspecified atom stereocenters. The Hall–Kier alpha value is -2.95. The first-order valence-corrected chi connectivity index (χ1v) is 14.9. The van der Waals surface area contributed by atoms with Gasteiger partial charge in [0, 0.05) is 62.5 Å². The van der Waals surface area contributed by atoms with Crippen LogP contribution >= 0.6 is 11.3 Å². The van der Waals surface area contributed by atoms with Crippen molar-refractivity contribution >= 4 is 38.5 Å². The molecule has 1 atom stereocenters. The normalized spacial score (nSPS) is 24.2. The fourth-order valence-corrected chi connectivity index (χ4v) is 6.97. The van der Waals surface area contributed by atoms with E-state index in [0.29, 0.717) is 35.8 Å². The summed E-state index contributed by atoms with van der Waals surface area (Å²) in [7, 11) is 0. The van der Waals surface area contributed by atoms with Crippen molar-refractivity contribution in [2.75, 3.05) is 25.0 Å². The first kappa shape index (κ1) is 26.3. The molecular weight excluding hydrogens is 512 g/mol. The Morgan fingerprint density at radius 2 is 1.87 bits per heavy atom. The summed E-state index contributed by atoms with van der Waals surface area (Å²) in [6, 6.07) is 6.81. The van der Waals surface area contributed by atoms with Crippen LogP contribution in [0, 0.1) is 5.92 Å². The number of piperazine rings is 1. The third-order valence-electron chi connectivity index (χ3n) is 8.48. The quantitative estimate of drug-likeness (QED) is 0.465. The van der Waals surface area contributed by atoms with Crippen LogP contribution in [0.2, 0.25) is 0 Å². The highest BCUT2D eigenvalue weighted by molar-refractivity contribution is 7.22. The molecule has 9 nitrogen and oxygen atoms in total. The fourth-order valence-electron chi connectivity index (χ4n) is 6.06. The molecule has 1 N–H and O–H groups in total. The highest BCUT2D eigenvalue weighted by Gasteiger charge is 2.41. The summed E-state index contributed by atoms with van der Waals surface area (Å²) < 4.78 is 6.94. The maximum atomic E-state index is 12.9. The third-order valence-corrected chi connectivity index (χ3v) is 9.42. The van der Waals surface area contributed by atoms with Gasteiger partial charge in [0.2, 0.25) is 11.8 Å². The van der Waals surface area contributed by atoms with Gasteiger partial charge in [0.15, 0.2) is 11.0 Å². The maximum Gasteiger partial charge on any atom is 0.229 e. The standard InChI is InChI=1S/C29H36N6O3S/c1-18-16-34(19(2)36)9-10-35(18)23-11-21(12-23)28(37)33-29-32-25-8-7-20(13-26(25)39-29)22-14-30-27(31-15-22)17-38-24-5-3-4-6-24/h7-8,13-15,18,21,23-24H,3-6,9-12,16-17H2,1-2H3,(H,32,33,37). The second-order valence-electron chi connectivity index (χ2n) is 11.2. The van der Waals surface area contributed by atoms with Gasteiger partial charge in [0.05, 0.1) is 16.3 Å². The highest BCUT2D eigenvalue weighted by atomic mass is 32.1. The van der Waals surface area contributed by atoms with E-state index in [2.05, 4.69) is 38.2 Å². The van der Waals surface area contributed by atoms with E-state index in [9.17, 15) is 9.59 Å². The number of amides is 2. The zero-order chi connectivity index (χ0) is 26.9. The smallest absolute Gasteiger partial charge is 0.229 e. The molecule has 1 saturated heterocycles. The zero-order valence-electron chi connectivity index (χ0n) is 22.6. The summed E-state index contributed by atoms with van der Waals surface area (Å²) in [5, 5.41) is 3.69. The van der Waals surface area contributed by atoms with Crippen LogP contribution in [-0.2, 0) is 20.9 Å². The second-order valence-corrected chi connectivity index (χ2v) is 12.2. The molecular formula is C29H36N6O3S. The number of fused-ring (bicyclic) bond motifs is 1. The van der Waals surface area contributed by atoms with Gasteiger partial charge in [0.25, 0.3) is 0 Å². The van der Waals surface area contributed by atoms with Gasteiger partial charge in [-0.05, 0) is 50.3 Å². The number of anilines is 1. The molecule has 0 spiro atoms. The Morgan fingerprint density at radius 1 is 1.10 bits per heavy atom. The van der Waals surface area contributed by atoms with E-state index >= 15 is 0 Å². The predicted molar refractivity (Wildman–Crippen MR) is 151 cm³/mol. The van der Waals surface area contributed by atoms with Crippen molar-refractivity contribution in [3.05, 3.63) is 36.4 Å².